The van der Waals surface area contributed by atoms with Gasteiger partial charge in [0.1, 0.15) is 5.75 Å². The largest absolute Gasteiger partial charge is 0.415 e. The Morgan fingerprint density at radius 1 is 0.800 bits per heavy atom. The van der Waals surface area contributed by atoms with Crippen molar-refractivity contribution < 1.29 is 9.53 Å². The summed E-state index contributed by atoms with van der Waals surface area (Å²) in [6.07, 6.45) is -0.404. The molecule has 4 nitrogen and oxygen atoms in total. The van der Waals surface area contributed by atoms with Gasteiger partial charge in [-0.15, -0.1) is 0 Å². The predicted molar refractivity (Wildman–Crippen MR) is 99.0 cm³/mol. The molecule has 0 saturated carbocycles. The first-order valence-corrected chi connectivity index (χ1v) is 8.11. The molecule has 0 bridgehead atoms. The van der Waals surface area contributed by atoms with Crippen molar-refractivity contribution in [3.8, 4) is 5.75 Å². The minimum Gasteiger partial charge on any atom is -0.410 e. The molecule has 0 aliphatic rings. The van der Waals surface area contributed by atoms with Crippen LogP contribution in [0.25, 0.3) is 0 Å². The van der Waals surface area contributed by atoms with E-state index in [4.69, 9.17) is 10.5 Å². The molecule has 0 aliphatic carbocycles. The molecule has 0 heterocycles. The minimum atomic E-state index is -0.404. The Labute approximate surface area is 147 Å². The van der Waals surface area contributed by atoms with E-state index in [0.717, 1.165) is 11.1 Å². The van der Waals surface area contributed by atoms with E-state index >= 15 is 0 Å². The highest BCUT2D eigenvalue weighted by Crippen LogP contribution is 2.17. The molecule has 4 heteroatoms. The van der Waals surface area contributed by atoms with Crippen LogP contribution < -0.4 is 10.5 Å². The van der Waals surface area contributed by atoms with Gasteiger partial charge >= 0.3 is 6.09 Å². The molecule has 3 aromatic rings. The zero-order valence-electron chi connectivity index (χ0n) is 13.8. The first-order valence-electron chi connectivity index (χ1n) is 8.11. The second kappa shape index (κ2) is 8.02. The van der Waals surface area contributed by atoms with E-state index < -0.39 is 6.09 Å². The highest BCUT2D eigenvalue weighted by Gasteiger charge is 2.17. The van der Waals surface area contributed by atoms with Crippen molar-refractivity contribution in [1.29, 1.82) is 0 Å². The summed E-state index contributed by atoms with van der Waals surface area (Å²) in [5.41, 5.74) is 8.40. The fourth-order valence-corrected chi connectivity index (χ4v) is 2.54. The van der Waals surface area contributed by atoms with Crippen LogP contribution in [0.2, 0.25) is 0 Å². The summed E-state index contributed by atoms with van der Waals surface area (Å²) >= 11 is 0. The van der Waals surface area contributed by atoms with Crippen LogP contribution in [0.3, 0.4) is 0 Å². The summed E-state index contributed by atoms with van der Waals surface area (Å²) in [4.78, 5) is 14.4. The van der Waals surface area contributed by atoms with E-state index in [1.807, 2.05) is 60.7 Å². The van der Waals surface area contributed by atoms with Crippen LogP contribution in [-0.2, 0) is 13.1 Å². The fourth-order valence-electron chi connectivity index (χ4n) is 2.54. The molecule has 3 aromatic carbocycles. The number of benzene rings is 3. The normalized spacial score (nSPS) is 10.2. The maximum absolute atomic E-state index is 12.7. The lowest BCUT2D eigenvalue weighted by Crippen LogP contribution is -2.32. The third kappa shape index (κ3) is 4.85. The highest BCUT2D eigenvalue weighted by atomic mass is 16.6. The molecule has 1 amide bonds. The molecule has 0 spiro atoms. The second-order valence-corrected chi connectivity index (χ2v) is 5.77. The molecular weight excluding hydrogens is 312 g/mol. The Balaban J connectivity index is 1.78. The number of nitrogens with zero attached hydrogens (tertiary/aromatic N) is 1. The first-order chi connectivity index (χ1) is 12.2. The number of anilines is 1. The van der Waals surface area contributed by atoms with Crippen LogP contribution in [0.15, 0.2) is 84.9 Å². The van der Waals surface area contributed by atoms with Gasteiger partial charge in [-0.2, -0.15) is 0 Å². The van der Waals surface area contributed by atoms with Crippen molar-refractivity contribution in [3.05, 3.63) is 96.1 Å². The Hall–Kier alpha value is -3.27. The van der Waals surface area contributed by atoms with Gasteiger partial charge in [0, 0.05) is 24.8 Å². The van der Waals surface area contributed by atoms with E-state index in [0.29, 0.717) is 24.5 Å². The fraction of sp³-hybridized carbons (Fsp3) is 0.0952. The van der Waals surface area contributed by atoms with Gasteiger partial charge in [-0.3, -0.25) is 4.90 Å². The third-order valence-electron chi connectivity index (χ3n) is 3.75. The Kier molecular flexibility index (Phi) is 5.32. The molecule has 0 aromatic heterocycles. The van der Waals surface area contributed by atoms with E-state index in [1.54, 1.807) is 29.2 Å². The van der Waals surface area contributed by atoms with Crippen molar-refractivity contribution in [2.24, 2.45) is 0 Å². The van der Waals surface area contributed by atoms with Crippen molar-refractivity contribution in [2.45, 2.75) is 13.1 Å². The number of amides is 1. The molecule has 0 aliphatic heterocycles. The second-order valence-electron chi connectivity index (χ2n) is 5.77. The third-order valence-corrected chi connectivity index (χ3v) is 3.75. The highest BCUT2D eigenvalue weighted by molar-refractivity contribution is 5.71. The van der Waals surface area contributed by atoms with Crippen molar-refractivity contribution in [1.82, 2.24) is 4.90 Å². The molecule has 0 atom stereocenters. The number of hydrogen-bond acceptors (Lipinski definition) is 3. The molecule has 3 rings (SSSR count). The van der Waals surface area contributed by atoms with E-state index in [9.17, 15) is 4.79 Å². The maximum Gasteiger partial charge on any atom is 0.415 e. The van der Waals surface area contributed by atoms with Crippen molar-refractivity contribution in [2.75, 3.05) is 5.73 Å². The molecular formula is C21H20N2O2. The first kappa shape index (κ1) is 16.6. The molecule has 25 heavy (non-hydrogen) atoms. The van der Waals surface area contributed by atoms with Crippen LogP contribution in [-0.4, -0.2) is 11.0 Å². The Morgan fingerprint density at radius 3 is 1.88 bits per heavy atom. The molecule has 2 N–H and O–H groups in total. The van der Waals surface area contributed by atoms with E-state index in [1.165, 1.54) is 0 Å². The van der Waals surface area contributed by atoms with E-state index in [-0.39, 0.29) is 0 Å². The van der Waals surface area contributed by atoms with E-state index in [2.05, 4.69) is 0 Å². The lowest BCUT2D eigenvalue weighted by atomic mass is 10.2. The summed E-state index contributed by atoms with van der Waals surface area (Å²) in [6.45, 7) is 0.938. The number of carbonyl (C=O) groups excluding carboxylic acids is 1. The van der Waals surface area contributed by atoms with Gasteiger partial charge in [-0.1, -0.05) is 66.7 Å². The minimum absolute atomic E-state index is 0.404. The quantitative estimate of drug-likeness (QED) is 0.701. The number of carbonyl (C=O) groups is 1. The van der Waals surface area contributed by atoms with Gasteiger partial charge in [0.05, 0.1) is 0 Å². The Morgan fingerprint density at radius 2 is 1.36 bits per heavy atom. The zero-order valence-corrected chi connectivity index (χ0v) is 13.8. The van der Waals surface area contributed by atoms with Crippen molar-refractivity contribution in [3.63, 3.8) is 0 Å². The average molecular weight is 332 g/mol. The molecule has 0 saturated heterocycles. The number of rotatable bonds is 5. The van der Waals surface area contributed by atoms with Crippen LogP contribution in [0.4, 0.5) is 10.5 Å². The summed E-state index contributed by atoms with van der Waals surface area (Å²) in [7, 11) is 0. The van der Waals surface area contributed by atoms with Crippen LogP contribution >= 0.6 is 0 Å². The lowest BCUT2D eigenvalue weighted by molar-refractivity contribution is 0.146. The standard InChI is InChI=1S/C21H20N2O2/c22-19-12-7-13-20(14-19)25-21(24)23(15-17-8-3-1-4-9-17)16-18-10-5-2-6-11-18/h1-14H,15-16,22H2. The number of nitrogen functional groups attached to an aromatic ring is 1. The smallest absolute Gasteiger partial charge is 0.410 e. The van der Waals surface area contributed by atoms with Crippen LogP contribution in [0.1, 0.15) is 11.1 Å². The maximum atomic E-state index is 12.7. The topological polar surface area (TPSA) is 55.6 Å². The predicted octanol–water partition coefficient (Wildman–Crippen LogP) is 4.47. The summed E-state index contributed by atoms with van der Waals surface area (Å²) < 4.78 is 5.51. The van der Waals surface area contributed by atoms with Crippen LogP contribution in [0.5, 0.6) is 5.75 Å². The van der Waals surface area contributed by atoms with Crippen molar-refractivity contribution >= 4 is 11.8 Å². The number of ether oxygens (including phenoxy) is 1. The Bertz CT molecular complexity index is 778. The molecule has 0 radical (unpaired) electrons. The van der Waals surface area contributed by atoms with Gasteiger partial charge < -0.3 is 10.5 Å². The number of nitrogens with two attached hydrogens (primary N) is 1. The SMILES string of the molecule is Nc1cccc(OC(=O)N(Cc2ccccc2)Cc2ccccc2)c1. The van der Waals surface area contributed by atoms with Gasteiger partial charge in [0.2, 0.25) is 0 Å². The van der Waals surface area contributed by atoms with Gasteiger partial charge in [-0.05, 0) is 23.3 Å². The van der Waals surface area contributed by atoms with Crippen LogP contribution in [0, 0.1) is 0 Å². The molecule has 0 fully saturated rings. The number of hydrogen-bond donors (Lipinski definition) is 1. The zero-order chi connectivity index (χ0) is 17.5. The van der Waals surface area contributed by atoms with Gasteiger partial charge in [-0.25, -0.2) is 4.79 Å². The monoisotopic (exact) mass is 332 g/mol. The summed E-state index contributed by atoms with van der Waals surface area (Å²) in [5.74, 6) is 0.441. The molecule has 0 unspecified atom stereocenters. The molecule has 126 valence electrons. The summed E-state index contributed by atoms with van der Waals surface area (Å²) in [6, 6.07) is 26.6. The lowest BCUT2D eigenvalue weighted by Gasteiger charge is -2.22. The van der Waals surface area contributed by atoms with Gasteiger partial charge in [0.15, 0.2) is 0 Å². The summed E-state index contributed by atoms with van der Waals surface area (Å²) in [5, 5.41) is 0. The van der Waals surface area contributed by atoms with Gasteiger partial charge in [0.25, 0.3) is 0 Å². The average Bonchev–Trinajstić information content (AvgIpc) is 2.63.